The van der Waals surface area contributed by atoms with Crippen molar-refractivity contribution in [3.05, 3.63) is 92.8 Å². The number of rotatable bonds is 6. The van der Waals surface area contributed by atoms with Crippen molar-refractivity contribution in [3.8, 4) is 16.6 Å². The monoisotopic (exact) mass is 489 g/mol. The van der Waals surface area contributed by atoms with E-state index in [4.69, 9.17) is 16.6 Å². The van der Waals surface area contributed by atoms with Gasteiger partial charge in [-0.15, -0.1) is 11.3 Å². The first kappa shape index (κ1) is 22.9. The van der Waals surface area contributed by atoms with Crippen LogP contribution in [-0.4, -0.2) is 10.9 Å². The number of carbonyl (C=O) groups excluding carboxylic acids is 1. The summed E-state index contributed by atoms with van der Waals surface area (Å²) in [5.41, 5.74) is 3.76. The summed E-state index contributed by atoms with van der Waals surface area (Å²) in [5.74, 6) is 0.184. The van der Waals surface area contributed by atoms with E-state index >= 15 is 0 Å². The molecule has 4 nitrogen and oxygen atoms in total. The SMILES string of the molecule is CC(C)c1ccc(/C=C(\C#N)c2nc(-c3cccs3)c(NC(=O)c3ccc(Cl)cc3)s2)cc1. The van der Waals surface area contributed by atoms with Gasteiger partial charge in [-0.1, -0.05) is 67.1 Å². The first-order valence-corrected chi connectivity index (χ1v) is 12.4. The van der Waals surface area contributed by atoms with Gasteiger partial charge in [0.25, 0.3) is 5.91 Å². The molecule has 2 heterocycles. The zero-order chi connectivity index (χ0) is 23.4. The average Bonchev–Trinajstić information content (AvgIpc) is 3.48. The maximum Gasteiger partial charge on any atom is 0.256 e. The molecule has 0 aliphatic heterocycles. The number of nitriles is 1. The van der Waals surface area contributed by atoms with Gasteiger partial charge in [0, 0.05) is 10.6 Å². The molecule has 1 N–H and O–H groups in total. The second-order valence-electron chi connectivity index (χ2n) is 7.63. The number of hydrogen-bond donors (Lipinski definition) is 1. The lowest BCUT2D eigenvalue weighted by molar-refractivity contribution is 0.102. The molecule has 2 aromatic heterocycles. The van der Waals surface area contributed by atoms with Crippen LogP contribution in [-0.2, 0) is 0 Å². The normalized spacial score (nSPS) is 11.4. The Balaban J connectivity index is 1.69. The zero-order valence-electron chi connectivity index (χ0n) is 18.0. The Morgan fingerprint density at radius 2 is 1.85 bits per heavy atom. The second-order valence-corrected chi connectivity index (χ2v) is 10.0. The number of carbonyl (C=O) groups is 1. The van der Waals surface area contributed by atoms with Gasteiger partial charge in [-0.05, 0) is 58.8 Å². The third-order valence-corrected chi connectivity index (χ3v) is 7.11. The standard InChI is InChI=1S/C26H20ClN3OS2/c1-16(2)18-7-5-17(6-8-18)14-20(15-28)25-29-23(22-4-3-13-32-22)26(33-25)30-24(31)19-9-11-21(27)12-10-19/h3-14,16H,1-2H3,(H,30,31)/b20-14+. The summed E-state index contributed by atoms with van der Waals surface area (Å²) in [6, 6.07) is 21.0. The van der Waals surface area contributed by atoms with E-state index in [1.54, 1.807) is 24.3 Å². The van der Waals surface area contributed by atoms with Gasteiger partial charge in [0.1, 0.15) is 21.8 Å². The highest BCUT2D eigenvalue weighted by Gasteiger charge is 2.19. The molecule has 4 rings (SSSR count). The van der Waals surface area contributed by atoms with Crippen molar-refractivity contribution in [3.63, 3.8) is 0 Å². The van der Waals surface area contributed by atoms with Crippen LogP contribution >= 0.6 is 34.3 Å². The minimum absolute atomic E-state index is 0.258. The molecule has 0 aliphatic rings. The van der Waals surface area contributed by atoms with Crippen molar-refractivity contribution in [2.45, 2.75) is 19.8 Å². The van der Waals surface area contributed by atoms with Crippen LogP contribution in [0.2, 0.25) is 5.02 Å². The van der Waals surface area contributed by atoms with Gasteiger partial charge in [0.05, 0.1) is 10.5 Å². The fourth-order valence-corrected chi connectivity index (χ4v) is 5.01. The molecule has 0 atom stereocenters. The molecule has 1 amide bonds. The van der Waals surface area contributed by atoms with Crippen molar-refractivity contribution < 1.29 is 4.79 Å². The second kappa shape index (κ2) is 10.1. The highest BCUT2D eigenvalue weighted by Crippen LogP contribution is 2.38. The lowest BCUT2D eigenvalue weighted by atomic mass is 10.0. The summed E-state index contributed by atoms with van der Waals surface area (Å²) in [6.45, 7) is 4.29. The van der Waals surface area contributed by atoms with E-state index in [-0.39, 0.29) is 5.91 Å². The Bertz CT molecular complexity index is 1330. The number of benzene rings is 2. The third-order valence-electron chi connectivity index (χ3n) is 4.98. The lowest BCUT2D eigenvalue weighted by Gasteiger charge is -2.05. The van der Waals surface area contributed by atoms with E-state index in [2.05, 4.69) is 37.4 Å². The Hall–Kier alpha value is -3.24. The Labute approximate surface area is 205 Å². The van der Waals surface area contributed by atoms with Crippen LogP contribution in [0.25, 0.3) is 22.2 Å². The summed E-state index contributed by atoms with van der Waals surface area (Å²) >= 11 is 8.76. The number of aromatic nitrogens is 1. The van der Waals surface area contributed by atoms with Gasteiger partial charge >= 0.3 is 0 Å². The Morgan fingerprint density at radius 3 is 2.45 bits per heavy atom. The van der Waals surface area contributed by atoms with E-state index in [9.17, 15) is 10.1 Å². The number of anilines is 1. The predicted molar refractivity (Wildman–Crippen MR) is 139 cm³/mol. The number of nitrogens with zero attached hydrogens (tertiary/aromatic N) is 2. The van der Waals surface area contributed by atoms with Crippen molar-refractivity contribution in [1.29, 1.82) is 5.26 Å². The molecule has 0 bridgehead atoms. The minimum atomic E-state index is -0.258. The van der Waals surface area contributed by atoms with Crippen molar-refractivity contribution >= 4 is 56.8 Å². The molecule has 164 valence electrons. The van der Waals surface area contributed by atoms with Crippen LogP contribution < -0.4 is 5.32 Å². The fraction of sp³-hybridized carbons (Fsp3) is 0.115. The number of thiazole rings is 1. The van der Waals surface area contributed by atoms with Crippen LogP contribution in [0.5, 0.6) is 0 Å². The van der Waals surface area contributed by atoms with Gasteiger partial charge in [-0.3, -0.25) is 4.79 Å². The molecular formula is C26H20ClN3OS2. The van der Waals surface area contributed by atoms with Gasteiger partial charge in [-0.2, -0.15) is 5.26 Å². The zero-order valence-corrected chi connectivity index (χ0v) is 20.4. The van der Waals surface area contributed by atoms with E-state index in [0.29, 0.717) is 37.8 Å². The highest BCUT2D eigenvalue weighted by atomic mass is 35.5. The molecular weight excluding hydrogens is 470 g/mol. The topological polar surface area (TPSA) is 65.8 Å². The van der Waals surface area contributed by atoms with Crippen LogP contribution in [0.15, 0.2) is 66.0 Å². The smallest absolute Gasteiger partial charge is 0.256 e. The third kappa shape index (κ3) is 5.40. The molecule has 0 fully saturated rings. The maximum absolute atomic E-state index is 12.8. The molecule has 0 unspecified atom stereocenters. The quantitative estimate of drug-likeness (QED) is 0.279. The molecule has 0 saturated carbocycles. The van der Waals surface area contributed by atoms with Gasteiger partial charge in [0.2, 0.25) is 0 Å². The Morgan fingerprint density at radius 1 is 1.12 bits per heavy atom. The van der Waals surface area contributed by atoms with E-state index < -0.39 is 0 Å². The fourth-order valence-electron chi connectivity index (χ4n) is 3.16. The first-order valence-electron chi connectivity index (χ1n) is 10.3. The number of nitrogens with one attached hydrogen (secondary N) is 1. The summed E-state index contributed by atoms with van der Waals surface area (Å²) in [6.07, 6.45) is 1.83. The van der Waals surface area contributed by atoms with Crippen molar-refractivity contribution in [2.75, 3.05) is 5.32 Å². The largest absolute Gasteiger partial charge is 0.312 e. The first-order chi connectivity index (χ1) is 15.9. The number of allylic oxidation sites excluding steroid dienone is 1. The predicted octanol–water partition coefficient (Wildman–Crippen LogP) is 7.96. The number of hydrogen-bond acceptors (Lipinski definition) is 5. The van der Waals surface area contributed by atoms with Crippen molar-refractivity contribution in [1.82, 2.24) is 4.98 Å². The van der Waals surface area contributed by atoms with Crippen LogP contribution in [0, 0.1) is 11.3 Å². The molecule has 0 aliphatic carbocycles. The molecule has 7 heteroatoms. The summed E-state index contributed by atoms with van der Waals surface area (Å²) in [4.78, 5) is 18.5. The molecule has 4 aromatic rings. The van der Waals surface area contributed by atoms with E-state index in [1.165, 1.54) is 28.2 Å². The highest BCUT2D eigenvalue weighted by molar-refractivity contribution is 7.19. The number of amides is 1. The number of thiophene rings is 1. The summed E-state index contributed by atoms with van der Waals surface area (Å²) in [5, 5.41) is 16.5. The molecule has 0 spiro atoms. The van der Waals surface area contributed by atoms with Crippen LogP contribution in [0.4, 0.5) is 5.00 Å². The minimum Gasteiger partial charge on any atom is -0.312 e. The van der Waals surface area contributed by atoms with Crippen LogP contribution in [0.3, 0.4) is 0 Å². The maximum atomic E-state index is 12.8. The van der Waals surface area contributed by atoms with Gasteiger partial charge in [-0.25, -0.2) is 4.98 Å². The Kier molecular flexibility index (Phi) is 7.05. The average molecular weight is 490 g/mol. The summed E-state index contributed by atoms with van der Waals surface area (Å²) < 4.78 is 0. The molecule has 2 aromatic carbocycles. The van der Waals surface area contributed by atoms with Crippen LogP contribution in [0.1, 0.15) is 46.3 Å². The molecule has 0 radical (unpaired) electrons. The van der Waals surface area contributed by atoms with Crippen molar-refractivity contribution in [2.24, 2.45) is 0 Å². The lowest BCUT2D eigenvalue weighted by Crippen LogP contribution is -2.11. The summed E-state index contributed by atoms with van der Waals surface area (Å²) in [7, 11) is 0. The molecule has 33 heavy (non-hydrogen) atoms. The molecule has 0 saturated heterocycles. The van der Waals surface area contributed by atoms with Gasteiger partial charge < -0.3 is 5.32 Å². The number of halogens is 1. The van der Waals surface area contributed by atoms with Gasteiger partial charge in [0.15, 0.2) is 0 Å². The van der Waals surface area contributed by atoms with E-state index in [0.717, 1.165) is 10.4 Å². The van der Waals surface area contributed by atoms with E-state index in [1.807, 2.05) is 35.7 Å².